The van der Waals surface area contributed by atoms with E-state index in [2.05, 4.69) is 0 Å². The van der Waals surface area contributed by atoms with E-state index in [4.69, 9.17) is 13.9 Å². The van der Waals surface area contributed by atoms with Crippen LogP contribution in [0.1, 0.15) is 17.1 Å². The Kier molecular flexibility index (Phi) is 4.48. The van der Waals surface area contributed by atoms with Crippen LogP contribution in [0.15, 0.2) is 40.8 Å². The summed E-state index contributed by atoms with van der Waals surface area (Å²) in [6.07, 6.45) is 1.71. The number of furan rings is 1. The third kappa shape index (κ3) is 2.86. The average molecular weight is 274 g/mol. The summed E-state index contributed by atoms with van der Waals surface area (Å²) in [5.74, 6) is 2.83. The Bertz CT molecular complexity index is 611. The molecular weight excluding hydrogens is 256 g/mol. The predicted octanol–water partition coefficient (Wildman–Crippen LogP) is 3.03. The molecule has 4 nitrogen and oxygen atoms in total. The van der Waals surface area contributed by atoms with Gasteiger partial charge in [-0.1, -0.05) is 6.07 Å². The molecule has 0 fully saturated rings. The van der Waals surface area contributed by atoms with E-state index >= 15 is 0 Å². The zero-order valence-corrected chi connectivity index (χ0v) is 11.8. The van der Waals surface area contributed by atoms with Gasteiger partial charge in [-0.05, 0) is 42.8 Å². The maximum absolute atomic E-state index is 9.22. The molecule has 0 radical (unpaired) electrons. The van der Waals surface area contributed by atoms with E-state index in [9.17, 15) is 5.11 Å². The van der Waals surface area contributed by atoms with E-state index in [-0.39, 0.29) is 6.61 Å². The van der Waals surface area contributed by atoms with Crippen molar-refractivity contribution >= 4 is 5.57 Å². The number of benzene rings is 1. The summed E-state index contributed by atoms with van der Waals surface area (Å²) in [5.41, 5.74) is 1.72. The minimum absolute atomic E-state index is 0.0660. The second-order valence-electron chi connectivity index (χ2n) is 4.28. The first-order valence-electron chi connectivity index (χ1n) is 6.29. The van der Waals surface area contributed by atoms with E-state index in [0.717, 1.165) is 16.9 Å². The molecule has 0 saturated heterocycles. The Labute approximate surface area is 118 Å². The minimum atomic E-state index is -0.0660. The van der Waals surface area contributed by atoms with E-state index in [0.29, 0.717) is 17.3 Å². The van der Waals surface area contributed by atoms with Gasteiger partial charge >= 0.3 is 0 Å². The fraction of sp³-hybridized carbons (Fsp3) is 0.250. The highest BCUT2D eigenvalue weighted by molar-refractivity contribution is 5.78. The molecular formula is C16H18O4. The van der Waals surface area contributed by atoms with Gasteiger partial charge in [0, 0.05) is 5.57 Å². The van der Waals surface area contributed by atoms with Crippen LogP contribution in [-0.2, 0) is 0 Å². The Morgan fingerprint density at radius 3 is 2.45 bits per heavy atom. The van der Waals surface area contributed by atoms with Gasteiger partial charge in [-0.15, -0.1) is 0 Å². The zero-order chi connectivity index (χ0) is 14.5. The molecule has 0 spiro atoms. The standard InChI is InChI=1S/C16H18O4/c1-11-4-6-14(20-11)13(8-9-17)12-5-7-15(18-2)16(10-12)19-3/h4-8,10,17H,9H2,1-3H3. The highest BCUT2D eigenvalue weighted by Gasteiger charge is 2.12. The molecule has 0 unspecified atom stereocenters. The fourth-order valence-corrected chi connectivity index (χ4v) is 2.04. The predicted molar refractivity (Wildman–Crippen MR) is 77.2 cm³/mol. The van der Waals surface area contributed by atoms with Gasteiger partial charge in [0.25, 0.3) is 0 Å². The lowest BCUT2D eigenvalue weighted by atomic mass is 10.0. The molecule has 4 heteroatoms. The monoisotopic (exact) mass is 274 g/mol. The lowest BCUT2D eigenvalue weighted by Crippen LogP contribution is -1.94. The van der Waals surface area contributed by atoms with Crippen molar-refractivity contribution in [2.75, 3.05) is 20.8 Å². The summed E-state index contributed by atoms with van der Waals surface area (Å²) in [6, 6.07) is 9.36. The van der Waals surface area contributed by atoms with E-state index in [1.165, 1.54) is 0 Å². The number of hydrogen-bond donors (Lipinski definition) is 1. The van der Waals surface area contributed by atoms with Gasteiger partial charge in [0.2, 0.25) is 0 Å². The van der Waals surface area contributed by atoms with Crippen molar-refractivity contribution < 1.29 is 19.0 Å². The van der Waals surface area contributed by atoms with Crippen molar-refractivity contribution in [1.29, 1.82) is 0 Å². The molecule has 0 aliphatic rings. The maximum Gasteiger partial charge on any atom is 0.161 e. The van der Waals surface area contributed by atoms with Crippen molar-refractivity contribution in [3.63, 3.8) is 0 Å². The van der Waals surface area contributed by atoms with E-state index in [1.54, 1.807) is 20.3 Å². The van der Waals surface area contributed by atoms with Crippen molar-refractivity contribution in [3.8, 4) is 11.5 Å². The molecule has 0 saturated carbocycles. The van der Waals surface area contributed by atoms with Crippen LogP contribution in [0, 0.1) is 6.92 Å². The lowest BCUT2D eigenvalue weighted by molar-refractivity contribution is 0.343. The molecule has 1 heterocycles. The third-order valence-electron chi connectivity index (χ3n) is 3.00. The van der Waals surface area contributed by atoms with Gasteiger partial charge in [-0.25, -0.2) is 0 Å². The van der Waals surface area contributed by atoms with E-state index in [1.807, 2.05) is 37.3 Å². The van der Waals surface area contributed by atoms with Crippen LogP contribution in [0.5, 0.6) is 11.5 Å². The number of aliphatic hydroxyl groups is 1. The van der Waals surface area contributed by atoms with Crippen LogP contribution in [0.4, 0.5) is 0 Å². The minimum Gasteiger partial charge on any atom is -0.493 e. The number of ether oxygens (including phenoxy) is 2. The fourth-order valence-electron chi connectivity index (χ4n) is 2.04. The molecule has 0 atom stereocenters. The average Bonchev–Trinajstić information content (AvgIpc) is 2.90. The quantitative estimate of drug-likeness (QED) is 0.910. The third-order valence-corrected chi connectivity index (χ3v) is 3.00. The molecule has 0 bridgehead atoms. The van der Waals surface area contributed by atoms with Crippen molar-refractivity contribution in [3.05, 3.63) is 53.5 Å². The summed E-state index contributed by atoms with van der Waals surface area (Å²) in [6.45, 7) is 1.82. The Morgan fingerprint density at radius 2 is 1.90 bits per heavy atom. The second kappa shape index (κ2) is 6.30. The van der Waals surface area contributed by atoms with Crippen molar-refractivity contribution in [1.82, 2.24) is 0 Å². The van der Waals surface area contributed by atoms with Crippen LogP contribution in [-0.4, -0.2) is 25.9 Å². The topological polar surface area (TPSA) is 51.8 Å². The first-order chi connectivity index (χ1) is 9.69. The van der Waals surface area contributed by atoms with Crippen LogP contribution in [0.3, 0.4) is 0 Å². The van der Waals surface area contributed by atoms with Gasteiger partial charge in [0.1, 0.15) is 11.5 Å². The van der Waals surface area contributed by atoms with Gasteiger partial charge in [-0.2, -0.15) is 0 Å². The van der Waals surface area contributed by atoms with Crippen LogP contribution < -0.4 is 9.47 Å². The van der Waals surface area contributed by atoms with Crippen LogP contribution in [0.2, 0.25) is 0 Å². The number of methoxy groups -OCH3 is 2. The zero-order valence-electron chi connectivity index (χ0n) is 11.8. The van der Waals surface area contributed by atoms with Gasteiger partial charge in [0.15, 0.2) is 11.5 Å². The van der Waals surface area contributed by atoms with Gasteiger partial charge in [0.05, 0.1) is 20.8 Å². The smallest absolute Gasteiger partial charge is 0.161 e. The molecule has 1 N–H and O–H groups in total. The molecule has 1 aromatic carbocycles. The van der Waals surface area contributed by atoms with Gasteiger partial charge in [-0.3, -0.25) is 0 Å². The van der Waals surface area contributed by atoms with Gasteiger partial charge < -0.3 is 19.0 Å². The summed E-state index contributed by atoms with van der Waals surface area (Å²) < 4.78 is 16.2. The summed E-state index contributed by atoms with van der Waals surface area (Å²) in [5, 5.41) is 9.22. The normalized spacial score (nSPS) is 11.5. The number of aliphatic hydroxyl groups excluding tert-OH is 1. The first-order valence-corrected chi connectivity index (χ1v) is 6.29. The lowest BCUT2D eigenvalue weighted by Gasteiger charge is -2.11. The second-order valence-corrected chi connectivity index (χ2v) is 4.28. The molecule has 106 valence electrons. The summed E-state index contributed by atoms with van der Waals surface area (Å²) in [4.78, 5) is 0. The van der Waals surface area contributed by atoms with Crippen molar-refractivity contribution in [2.24, 2.45) is 0 Å². The first kappa shape index (κ1) is 14.2. The molecule has 1 aromatic heterocycles. The van der Waals surface area contributed by atoms with E-state index < -0.39 is 0 Å². The van der Waals surface area contributed by atoms with Crippen LogP contribution in [0.25, 0.3) is 5.57 Å². The summed E-state index contributed by atoms with van der Waals surface area (Å²) >= 11 is 0. The highest BCUT2D eigenvalue weighted by atomic mass is 16.5. The van der Waals surface area contributed by atoms with Crippen molar-refractivity contribution in [2.45, 2.75) is 6.92 Å². The Balaban J connectivity index is 2.48. The molecule has 2 rings (SSSR count). The molecule has 0 amide bonds. The maximum atomic E-state index is 9.22. The molecule has 0 aliphatic heterocycles. The Hall–Kier alpha value is -2.20. The number of aryl methyl sites for hydroxylation is 1. The number of hydrogen-bond acceptors (Lipinski definition) is 4. The molecule has 2 aromatic rings. The molecule has 0 aliphatic carbocycles. The number of rotatable bonds is 5. The van der Waals surface area contributed by atoms with Crippen LogP contribution >= 0.6 is 0 Å². The molecule has 20 heavy (non-hydrogen) atoms. The SMILES string of the molecule is COc1ccc(C(=CCO)c2ccc(C)o2)cc1OC. The summed E-state index contributed by atoms with van der Waals surface area (Å²) in [7, 11) is 3.19. The highest BCUT2D eigenvalue weighted by Crippen LogP contribution is 2.33. The Morgan fingerprint density at radius 1 is 1.15 bits per heavy atom. The largest absolute Gasteiger partial charge is 0.493 e.